The third-order valence-electron chi connectivity index (χ3n) is 3.07. The van der Waals surface area contributed by atoms with E-state index in [1.807, 2.05) is 19.1 Å². The highest BCUT2D eigenvalue weighted by Crippen LogP contribution is 2.34. The van der Waals surface area contributed by atoms with E-state index in [0.29, 0.717) is 26.2 Å². The van der Waals surface area contributed by atoms with Gasteiger partial charge in [-0.05, 0) is 30.9 Å². The number of hydrogen-bond acceptors (Lipinski definition) is 3. The molecule has 1 aromatic carbocycles. The van der Waals surface area contributed by atoms with Crippen LogP contribution in [0, 0.1) is 0 Å². The highest BCUT2D eigenvalue weighted by Gasteiger charge is 2.14. The SMILES string of the molecule is CCCC(=O)NCCCc1cccc2c1OCCO2. The summed E-state index contributed by atoms with van der Waals surface area (Å²) in [5.41, 5.74) is 1.15. The van der Waals surface area contributed by atoms with E-state index in [4.69, 9.17) is 9.47 Å². The van der Waals surface area contributed by atoms with Crippen LogP contribution in [0.3, 0.4) is 0 Å². The summed E-state index contributed by atoms with van der Waals surface area (Å²) >= 11 is 0. The zero-order chi connectivity index (χ0) is 13.5. The quantitative estimate of drug-likeness (QED) is 0.801. The Morgan fingerprint density at radius 1 is 1.32 bits per heavy atom. The number of hydrogen-bond donors (Lipinski definition) is 1. The van der Waals surface area contributed by atoms with Crippen LogP contribution in [-0.4, -0.2) is 25.7 Å². The maximum Gasteiger partial charge on any atom is 0.219 e. The molecule has 1 N–H and O–H groups in total. The molecule has 0 saturated heterocycles. The van der Waals surface area contributed by atoms with Crippen molar-refractivity contribution in [1.82, 2.24) is 5.32 Å². The van der Waals surface area contributed by atoms with Crippen molar-refractivity contribution in [3.63, 3.8) is 0 Å². The molecule has 1 heterocycles. The Kier molecular flexibility index (Phi) is 5.07. The molecule has 1 aliphatic rings. The van der Waals surface area contributed by atoms with Crippen molar-refractivity contribution in [2.45, 2.75) is 32.6 Å². The molecule has 2 rings (SSSR count). The van der Waals surface area contributed by atoms with E-state index in [9.17, 15) is 4.79 Å². The molecule has 19 heavy (non-hydrogen) atoms. The Morgan fingerprint density at radius 3 is 3.00 bits per heavy atom. The minimum Gasteiger partial charge on any atom is -0.486 e. The van der Waals surface area contributed by atoms with Gasteiger partial charge in [0.2, 0.25) is 5.91 Å². The molecule has 1 aliphatic heterocycles. The molecule has 0 radical (unpaired) electrons. The molecular weight excluding hydrogens is 242 g/mol. The normalized spacial score (nSPS) is 13.1. The van der Waals surface area contributed by atoms with Crippen LogP contribution < -0.4 is 14.8 Å². The molecule has 0 unspecified atom stereocenters. The van der Waals surface area contributed by atoms with Gasteiger partial charge in [0.15, 0.2) is 11.5 Å². The van der Waals surface area contributed by atoms with Crippen molar-refractivity contribution in [3.8, 4) is 11.5 Å². The summed E-state index contributed by atoms with van der Waals surface area (Å²) in [5, 5.41) is 2.92. The molecule has 4 nitrogen and oxygen atoms in total. The van der Waals surface area contributed by atoms with Gasteiger partial charge < -0.3 is 14.8 Å². The molecular formula is C15H21NO3. The van der Waals surface area contributed by atoms with E-state index in [1.54, 1.807) is 0 Å². The maximum atomic E-state index is 11.3. The Hall–Kier alpha value is -1.71. The van der Waals surface area contributed by atoms with Crippen LogP contribution in [0.2, 0.25) is 0 Å². The fraction of sp³-hybridized carbons (Fsp3) is 0.533. The molecule has 0 atom stereocenters. The zero-order valence-electron chi connectivity index (χ0n) is 11.4. The van der Waals surface area contributed by atoms with Gasteiger partial charge in [0.05, 0.1) is 0 Å². The molecule has 1 amide bonds. The molecule has 4 heteroatoms. The molecule has 0 aromatic heterocycles. The van der Waals surface area contributed by atoms with Crippen LogP contribution in [0.5, 0.6) is 11.5 Å². The van der Waals surface area contributed by atoms with Crippen molar-refractivity contribution >= 4 is 5.91 Å². The number of benzene rings is 1. The fourth-order valence-corrected chi connectivity index (χ4v) is 2.15. The number of carbonyl (C=O) groups excluding carboxylic acids is 1. The maximum absolute atomic E-state index is 11.3. The number of carbonyl (C=O) groups is 1. The fourth-order valence-electron chi connectivity index (χ4n) is 2.15. The van der Waals surface area contributed by atoms with Crippen LogP contribution in [-0.2, 0) is 11.2 Å². The van der Waals surface area contributed by atoms with Gasteiger partial charge in [-0.15, -0.1) is 0 Å². The number of fused-ring (bicyclic) bond motifs is 1. The van der Waals surface area contributed by atoms with E-state index in [0.717, 1.165) is 36.3 Å². The summed E-state index contributed by atoms with van der Waals surface area (Å²) in [4.78, 5) is 11.3. The summed E-state index contributed by atoms with van der Waals surface area (Å²) < 4.78 is 11.2. The van der Waals surface area contributed by atoms with Crippen LogP contribution in [0.15, 0.2) is 18.2 Å². The summed E-state index contributed by atoms with van der Waals surface area (Å²) in [5.74, 6) is 1.84. The van der Waals surface area contributed by atoms with Crippen LogP contribution in [0.4, 0.5) is 0 Å². The minimum absolute atomic E-state index is 0.136. The second-order valence-electron chi connectivity index (χ2n) is 4.64. The average molecular weight is 263 g/mol. The standard InChI is InChI=1S/C15H21NO3/c1-2-5-14(17)16-9-4-7-12-6-3-8-13-15(12)19-11-10-18-13/h3,6,8H,2,4-5,7,9-11H2,1H3,(H,16,17). The first-order valence-corrected chi connectivity index (χ1v) is 6.95. The molecule has 0 spiro atoms. The average Bonchev–Trinajstić information content (AvgIpc) is 2.44. The van der Waals surface area contributed by atoms with Gasteiger partial charge in [0, 0.05) is 13.0 Å². The number of rotatable bonds is 6. The number of nitrogens with one attached hydrogen (secondary N) is 1. The lowest BCUT2D eigenvalue weighted by Gasteiger charge is -2.20. The first-order valence-electron chi connectivity index (χ1n) is 6.95. The van der Waals surface area contributed by atoms with Crippen molar-refractivity contribution in [1.29, 1.82) is 0 Å². The van der Waals surface area contributed by atoms with Gasteiger partial charge in [-0.1, -0.05) is 19.1 Å². The van der Waals surface area contributed by atoms with Crippen LogP contribution in [0.25, 0.3) is 0 Å². The first kappa shape index (κ1) is 13.7. The number of amides is 1. The third kappa shape index (κ3) is 3.88. The van der Waals surface area contributed by atoms with Crippen molar-refractivity contribution in [3.05, 3.63) is 23.8 Å². The highest BCUT2D eigenvalue weighted by atomic mass is 16.6. The second-order valence-corrected chi connectivity index (χ2v) is 4.64. The van der Waals surface area contributed by atoms with Gasteiger partial charge in [-0.2, -0.15) is 0 Å². The molecule has 1 aromatic rings. The summed E-state index contributed by atoms with van der Waals surface area (Å²) in [6.07, 6.45) is 3.30. The number of para-hydroxylation sites is 1. The van der Waals surface area contributed by atoms with E-state index >= 15 is 0 Å². The van der Waals surface area contributed by atoms with Gasteiger partial charge >= 0.3 is 0 Å². The van der Waals surface area contributed by atoms with Gasteiger partial charge in [-0.3, -0.25) is 4.79 Å². The van der Waals surface area contributed by atoms with Gasteiger partial charge in [0.25, 0.3) is 0 Å². The van der Waals surface area contributed by atoms with E-state index < -0.39 is 0 Å². The lowest BCUT2D eigenvalue weighted by molar-refractivity contribution is -0.121. The van der Waals surface area contributed by atoms with Crippen LogP contribution in [0.1, 0.15) is 31.7 Å². The minimum atomic E-state index is 0.136. The lowest BCUT2D eigenvalue weighted by atomic mass is 10.1. The molecule has 0 aliphatic carbocycles. The molecule has 0 fully saturated rings. The highest BCUT2D eigenvalue weighted by molar-refractivity contribution is 5.75. The topological polar surface area (TPSA) is 47.6 Å². The van der Waals surface area contributed by atoms with E-state index in [2.05, 4.69) is 11.4 Å². The van der Waals surface area contributed by atoms with Crippen molar-refractivity contribution < 1.29 is 14.3 Å². The van der Waals surface area contributed by atoms with Gasteiger partial charge in [0.1, 0.15) is 13.2 Å². The third-order valence-corrected chi connectivity index (χ3v) is 3.07. The number of ether oxygens (including phenoxy) is 2. The van der Waals surface area contributed by atoms with Crippen LogP contribution >= 0.6 is 0 Å². The van der Waals surface area contributed by atoms with Crippen molar-refractivity contribution in [2.75, 3.05) is 19.8 Å². The van der Waals surface area contributed by atoms with E-state index in [1.165, 1.54) is 0 Å². The Morgan fingerprint density at radius 2 is 2.16 bits per heavy atom. The molecule has 0 bridgehead atoms. The molecule has 104 valence electrons. The Balaban J connectivity index is 1.81. The first-order chi connectivity index (χ1) is 9.31. The largest absolute Gasteiger partial charge is 0.486 e. The zero-order valence-corrected chi connectivity index (χ0v) is 11.4. The Labute approximate surface area is 114 Å². The Bertz CT molecular complexity index is 431. The smallest absolute Gasteiger partial charge is 0.219 e. The summed E-state index contributed by atoms with van der Waals surface area (Å²) in [6, 6.07) is 5.97. The lowest BCUT2D eigenvalue weighted by Crippen LogP contribution is -2.24. The second kappa shape index (κ2) is 7.02. The predicted octanol–water partition coefficient (Wildman–Crippen LogP) is 2.31. The van der Waals surface area contributed by atoms with Crippen molar-refractivity contribution in [2.24, 2.45) is 0 Å². The predicted molar refractivity (Wildman–Crippen MR) is 73.7 cm³/mol. The summed E-state index contributed by atoms with van der Waals surface area (Å²) in [6.45, 7) is 3.94. The number of aryl methyl sites for hydroxylation is 1. The molecule has 0 saturated carbocycles. The monoisotopic (exact) mass is 263 g/mol. The summed E-state index contributed by atoms with van der Waals surface area (Å²) in [7, 11) is 0. The van der Waals surface area contributed by atoms with Gasteiger partial charge in [-0.25, -0.2) is 0 Å². The van der Waals surface area contributed by atoms with E-state index in [-0.39, 0.29) is 5.91 Å².